The first kappa shape index (κ1) is 15.8. The lowest BCUT2D eigenvalue weighted by Gasteiger charge is -2.29. The Labute approximate surface area is 150 Å². The molecule has 0 spiro atoms. The van der Waals surface area contributed by atoms with Crippen molar-refractivity contribution in [3.63, 3.8) is 0 Å². The van der Waals surface area contributed by atoms with Crippen molar-refractivity contribution in [1.29, 1.82) is 0 Å². The number of nitrogens with one attached hydrogen (secondary N) is 1. The van der Waals surface area contributed by atoms with Crippen LogP contribution in [-0.2, 0) is 0 Å². The van der Waals surface area contributed by atoms with Crippen LogP contribution in [0, 0.1) is 0 Å². The van der Waals surface area contributed by atoms with Gasteiger partial charge in [0.15, 0.2) is 0 Å². The van der Waals surface area contributed by atoms with Crippen molar-refractivity contribution in [2.45, 2.75) is 18.9 Å². The molecule has 0 bridgehead atoms. The van der Waals surface area contributed by atoms with E-state index in [-0.39, 0.29) is 6.04 Å². The van der Waals surface area contributed by atoms with Gasteiger partial charge in [0.2, 0.25) is 0 Å². The van der Waals surface area contributed by atoms with Gasteiger partial charge in [-0.2, -0.15) is 0 Å². The second-order valence-corrected chi connectivity index (χ2v) is 7.32. The van der Waals surface area contributed by atoms with Gasteiger partial charge in [0.1, 0.15) is 17.0 Å². The van der Waals surface area contributed by atoms with Gasteiger partial charge in [-0.1, -0.05) is 29.8 Å². The standard InChI is InChI=1S/C18H19ClN4S/c19-15-6-2-1-5-13(15)16(23-8-3-4-9-23)11-20-17-14-7-10-24-18(14)22-12-21-17/h1-2,5-7,10,12,16H,3-4,8-9,11H2,(H,20,21,22). The molecule has 1 N–H and O–H groups in total. The summed E-state index contributed by atoms with van der Waals surface area (Å²) in [5.41, 5.74) is 1.18. The summed E-state index contributed by atoms with van der Waals surface area (Å²) < 4.78 is 0. The lowest BCUT2D eigenvalue weighted by atomic mass is 10.1. The van der Waals surface area contributed by atoms with Crippen molar-refractivity contribution < 1.29 is 0 Å². The zero-order valence-electron chi connectivity index (χ0n) is 13.3. The SMILES string of the molecule is Clc1ccccc1C(CNc1ncnc2sccc12)N1CCCC1. The average molecular weight is 359 g/mol. The number of benzene rings is 1. The van der Waals surface area contributed by atoms with Crippen molar-refractivity contribution in [1.82, 2.24) is 14.9 Å². The first-order valence-corrected chi connectivity index (χ1v) is 9.49. The molecule has 124 valence electrons. The normalized spacial score (nSPS) is 16.5. The summed E-state index contributed by atoms with van der Waals surface area (Å²) in [5.74, 6) is 0.900. The summed E-state index contributed by atoms with van der Waals surface area (Å²) in [6.45, 7) is 3.02. The van der Waals surface area contributed by atoms with Crippen LogP contribution in [0.1, 0.15) is 24.4 Å². The Balaban J connectivity index is 1.60. The topological polar surface area (TPSA) is 41.1 Å². The van der Waals surface area contributed by atoms with E-state index < -0.39 is 0 Å². The number of halogens is 1. The molecule has 1 fully saturated rings. The zero-order valence-corrected chi connectivity index (χ0v) is 14.9. The number of hydrogen-bond donors (Lipinski definition) is 1. The average Bonchev–Trinajstić information content (AvgIpc) is 3.28. The first-order chi connectivity index (χ1) is 11.8. The van der Waals surface area contributed by atoms with Crippen LogP contribution in [-0.4, -0.2) is 34.5 Å². The van der Waals surface area contributed by atoms with Crippen LogP contribution in [0.15, 0.2) is 42.0 Å². The summed E-state index contributed by atoms with van der Waals surface area (Å²) in [4.78, 5) is 12.3. The van der Waals surface area contributed by atoms with E-state index >= 15 is 0 Å². The lowest BCUT2D eigenvalue weighted by molar-refractivity contribution is 0.256. The highest BCUT2D eigenvalue weighted by atomic mass is 35.5. The van der Waals surface area contributed by atoms with Gasteiger partial charge in [0.05, 0.1) is 11.4 Å². The second-order valence-electron chi connectivity index (χ2n) is 6.02. The molecule has 3 heterocycles. The monoisotopic (exact) mass is 358 g/mol. The fourth-order valence-electron chi connectivity index (χ4n) is 3.36. The van der Waals surface area contributed by atoms with Gasteiger partial charge in [0, 0.05) is 11.6 Å². The van der Waals surface area contributed by atoms with Gasteiger partial charge in [-0.3, -0.25) is 4.90 Å². The summed E-state index contributed by atoms with van der Waals surface area (Å²) in [7, 11) is 0. The van der Waals surface area contributed by atoms with Crippen LogP contribution in [0.5, 0.6) is 0 Å². The van der Waals surface area contributed by atoms with Gasteiger partial charge < -0.3 is 5.32 Å². The number of hydrogen-bond acceptors (Lipinski definition) is 5. The quantitative estimate of drug-likeness (QED) is 0.724. The van der Waals surface area contributed by atoms with E-state index in [2.05, 4.69) is 43.8 Å². The van der Waals surface area contributed by atoms with Crippen LogP contribution >= 0.6 is 22.9 Å². The van der Waals surface area contributed by atoms with Crippen LogP contribution in [0.2, 0.25) is 5.02 Å². The molecule has 0 amide bonds. The molecule has 1 aliphatic heterocycles. The Hall–Kier alpha value is -1.69. The summed E-state index contributed by atoms with van der Waals surface area (Å²) in [6, 6.07) is 10.5. The summed E-state index contributed by atoms with van der Waals surface area (Å²) >= 11 is 8.12. The third-order valence-corrected chi connectivity index (χ3v) is 5.74. The van der Waals surface area contributed by atoms with Gasteiger partial charge in [-0.15, -0.1) is 11.3 Å². The number of rotatable bonds is 5. The molecule has 1 aromatic carbocycles. The van der Waals surface area contributed by atoms with E-state index in [1.165, 1.54) is 18.4 Å². The molecule has 1 atom stereocenters. The first-order valence-electron chi connectivity index (χ1n) is 8.23. The molecule has 2 aromatic heterocycles. The molecular weight excluding hydrogens is 340 g/mol. The van der Waals surface area contributed by atoms with Crippen molar-refractivity contribution in [3.05, 3.63) is 52.6 Å². The van der Waals surface area contributed by atoms with E-state index in [0.29, 0.717) is 0 Å². The minimum absolute atomic E-state index is 0.254. The highest BCUT2D eigenvalue weighted by molar-refractivity contribution is 7.16. The number of anilines is 1. The fourth-order valence-corrected chi connectivity index (χ4v) is 4.35. The molecule has 1 aliphatic rings. The molecule has 0 aliphatic carbocycles. The molecule has 24 heavy (non-hydrogen) atoms. The van der Waals surface area contributed by atoms with E-state index in [4.69, 9.17) is 11.6 Å². The van der Waals surface area contributed by atoms with Crippen LogP contribution in [0.3, 0.4) is 0 Å². The smallest absolute Gasteiger partial charge is 0.138 e. The molecule has 4 rings (SSSR count). The highest BCUT2D eigenvalue weighted by Gasteiger charge is 2.25. The van der Waals surface area contributed by atoms with Crippen LogP contribution in [0.25, 0.3) is 10.2 Å². The summed E-state index contributed by atoms with van der Waals surface area (Å²) in [5, 5.41) is 7.50. The molecule has 1 unspecified atom stereocenters. The fraction of sp³-hybridized carbons (Fsp3) is 0.333. The van der Waals surface area contributed by atoms with Crippen molar-refractivity contribution >= 4 is 39.0 Å². The molecular formula is C18H19ClN4S. The van der Waals surface area contributed by atoms with Gasteiger partial charge in [-0.25, -0.2) is 9.97 Å². The molecule has 1 saturated heterocycles. The number of fused-ring (bicyclic) bond motifs is 1. The van der Waals surface area contributed by atoms with Gasteiger partial charge in [-0.05, 0) is 49.0 Å². The molecule has 0 saturated carbocycles. The number of thiophene rings is 1. The molecule has 6 heteroatoms. The minimum Gasteiger partial charge on any atom is -0.368 e. The van der Waals surface area contributed by atoms with Gasteiger partial charge >= 0.3 is 0 Å². The number of likely N-dealkylation sites (tertiary alicyclic amines) is 1. The Morgan fingerprint density at radius 2 is 2.00 bits per heavy atom. The largest absolute Gasteiger partial charge is 0.368 e. The zero-order chi connectivity index (χ0) is 16.4. The van der Waals surface area contributed by atoms with Crippen molar-refractivity contribution in [2.75, 3.05) is 25.0 Å². The van der Waals surface area contributed by atoms with E-state index in [1.807, 2.05) is 12.1 Å². The summed E-state index contributed by atoms with van der Waals surface area (Å²) in [6.07, 6.45) is 4.13. The van der Waals surface area contributed by atoms with Gasteiger partial charge in [0.25, 0.3) is 0 Å². The maximum absolute atomic E-state index is 6.48. The van der Waals surface area contributed by atoms with Crippen LogP contribution in [0.4, 0.5) is 5.82 Å². The number of aromatic nitrogens is 2. The van der Waals surface area contributed by atoms with Crippen LogP contribution < -0.4 is 5.32 Å². The second kappa shape index (κ2) is 7.05. The van der Waals surface area contributed by atoms with E-state index in [9.17, 15) is 0 Å². The third kappa shape index (κ3) is 3.11. The Bertz CT molecular complexity index is 829. The minimum atomic E-state index is 0.254. The lowest BCUT2D eigenvalue weighted by Crippen LogP contribution is -2.31. The van der Waals surface area contributed by atoms with Crippen molar-refractivity contribution in [2.24, 2.45) is 0 Å². The Morgan fingerprint density at radius 1 is 1.17 bits per heavy atom. The van der Waals surface area contributed by atoms with E-state index in [1.54, 1.807) is 17.7 Å². The predicted molar refractivity (Wildman–Crippen MR) is 101 cm³/mol. The Morgan fingerprint density at radius 3 is 2.83 bits per heavy atom. The predicted octanol–water partition coefficient (Wildman–Crippen LogP) is 4.59. The molecule has 0 radical (unpaired) electrons. The van der Waals surface area contributed by atoms with E-state index in [0.717, 1.165) is 40.7 Å². The third-order valence-electron chi connectivity index (χ3n) is 4.57. The maximum Gasteiger partial charge on any atom is 0.138 e. The maximum atomic E-state index is 6.48. The highest BCUT2D eigenvalue weighted by Crippen LogP contribution is 2.31. The molecule has 3 aromatic rings. The van der Waals surface area contributed by atoms with Crippen molar-refractivity contribution in [3.8, 4) is 0 Å². The molecule has 4 nitrogen and oxygen atoms in total. The number of nitrogens with zero attached hydrogens (tertiary/aromatic N) is 3. The Kier molecular flexibility index (Phi) is 4.65.